The lowest BCUT2D eigenvalue weighted by atomic mass is 10.1. The first-order valence-corrected chi connectivity index (χ1v) is 9.64. The molecule has 0 aliphatic carbocycles. The highest BCUT2D eigenvalue weighted by atomic mass is 16.1. The summed E-state index contributed by atoms with van der Waals surface area (Å²) in [5, 5.41) is 3.95. The van der Waals surface area contributed by atoms with Crippen LogP contribution in [0.15, 0.2) is 55.0 Å². The average molecular weight is 398 g/mol. The molecule has 7 heteroatoms. The molecule has 0 saturated heterocycles. The number of fused-ring (bicyclic) bond motifs is 1. The highest BCUT2D eigenvalue weighted by Gasteiger charge is 2.11. The highest BCUT2D eigenvalue weighted by molar-refractivity contribution is 5.91. The molecule has 1 amide bonds. The van der Waals surface area contributed by atoms with Gasteiger partial charge >= 0.3 is 0 Å². The molecule has 0 atom stereocenters. The third-order valence-electron chi connectivity index (χ3n) is 4.84. The zero-order valence-corrected chi connectivity index (χ0v) is 16.9. The van der Waals surface area contributed by atoms with Gasteiger partial charge in [-0.3, -0.25) is 14.8 Å². The Morgan fingerprint density at radius 3 is 2.73 bits per heavy atom. The summed E-state index contributed by atoms with van der Waals surface area (Å²) in [5.74, 6) is 0.180. The van der Waals surface area contributed by atoms with Crippen molar-refractivity contribution >= 4 is 22.6 Å². The molecule has 30 heavy (non-hydrogen) atoms. The van der Waals surface area contributed by atoms with Crippen molar-refractivity contribution < 1.29 is 4.79 Å². The van der Waals surface area contributed by atoms with E-state index in [1.165, 1.54) is 6.20 Å². The standard InChI is InChI=1S/C23H22N6O/c1-14-7-18-8-16(3-5-20(18)26-10-14)9-19-12-25-13-21(29-19)23(30)27-11-17-4-6-22(24)28-15(17)2/h3-8,10,12-13H,9,11H2,1-2H3,(H2,24,28)(H,27,30). The van der Waals surface area contributed by atoms with E-state index >= 15 is 0 Å². The molecule has 1 aromatic carbocycles. The molecule has 0 bridgehead atoms. The van der Waals surface area contributed by atoms with Gasteiger partial charge in [0.2, 0.25) is 0 Å². The summed E-state index contributed by atoms with van der Waals surface area (Å²) in [4.78, 5) is 29.9. The maximum atomic E-state index is 12.5. The number of hydrogen-bond donors (Lipinski definition) is 2. The summed E-state index contributed by atoms with van der Waals surface area (Å²) in [7, 11) is 0. The quantitative estimate of drug-likeness (QED) is 0.535. The van der Waals surface area contributed by atoms with Gasteiger partial charge in [0.05, 0.1) is 17.4 Å². The fourth-order valence-corrected chi connectivity index (χ4v) is 3.27. The molecule has 3 N–H and O–H groups in total. The van der Waals surface area contributed by atoms with E-state index < -0.39 is 0 Å². The van der Waals surface area contributed by atoms with E-state index in [0.29, 0.717) is 18.8 Å². The Hall–Kier alpha value is -3.87. The predicted molar refractivity (Wildman–Crippen MR) is 116 cm³/mol. The van der Waals surface area contributed by atoms with Crippen LogP contribution in [0.1, 0.15) is 38.6 Å². The normalized spacial score (nSPS) is 10.9. The van der Waals surface area contributed by atoms with E-state index in [-0.39, 0.29) is 11.6 Å². The number of amides is 1. The van der Waals surface area contributed by atoms with Crippen LogP contribution in [0.4, 0.5) is 5.82 Å². The summed E-state index contributed by atoms with van der Waals surface area (Å²) < 4.78 is 0. The number of rotatable bonds is 5. The Morgan fingerprint density at radius 1 is 1.03 bits per heavy atom. The number of anilines is 1. The number of hydrogen-bond acceptors (Lipinski definition) is 6. The summed E-state index contributed by atoms with van der Waals surface area (Å²) in [5.41, 5.74) is 11.5. The van der Waals surface area contributed by atoms with Crippen molar-refractivity contribution in [2.24, 2.45) is 0 Å². The number of carbonyl (C=O) groups is 1. The van der Waals surface area contributed by atoms with E-state index in [9.17, 15) is 4.79 Å². The van der Waals surface area contributed by atoms with Crippen LogP contribution in [0, 0.1) is 13.8 Å². The summed E-state index contributed by atoms with van der Waals surface area (Å²) >= 11 is 0. The van der Waals surface area contributed by atoms with Crippen LogP contribution in [0.3, 0.4) is 0 Å². The van der Waals surface area contributed by atoms with Gasteiger partial charge < -0.3 is 11.1 Å². The van der Waals surface area contributed by atoms with Gasteiger partial charge in [0.1, 0.15) is 11.5 Å². The Morgan fingerprint density at radius 2 is 1.90 bits per heavy atom. The summed E-state index contributed by atoms with van der Waals surface area (Å²) in [6.07, 6.45) is 5.60. The van der Waals surface area contributed by atoms with Crippen LogP contribution < -0.4 is 11.1 Å². The van der Waals surface area contributed by atoms with Gasteiger partial charge in [-0.1, -0.05) is 12.1 Å². The highest BCUT2D eigenvalue weighted by Crippen LogP contribution is 2.17. The molecule has 0 aliphatic heterocycles. The van der Waals surface area contributed by atoms with E-state index in [0.717, 1.165) is 39.0 Å². The second-order valence-electron chi connectivity index (χ2n) is 7.28. The molecular formula is C23H22N6O. The topological polar surface area (TPSA) is 107 Å². The van der Waals surface area contributed by atoms with Gasteiger partial charge in [0.25, 0.3) is 5.91 Å². The van der Waals surface area contributed by atoms with Crippen LogP contribution >= 0.6 is 0 Å². The van der Waals surface area contributed by atoms with Crippen LogP contribution in [-0.4, -0.2) is 25.8 Å². The van der Waals surface area contributed by atoms with E-state index in [1.807, 2.05) is 38.2 Å². The molecular weight excluding hydrogens is 376 g/mol. The summed E-state index contributed by atoms with van der Waals surface area (Å²) in [6, 6.07) is 11.8. The predicted octanol–water partition coefficient (Wildman–Crippen LogP) is 3.14. The second-order valence-corrected chi connectivity index (χ2v) is 7.28. The lowest BCUT2D eigenvalue weighted by Crippen LogP contribution is -2.25. The molecule has 0 unspecified atom stereocenters. The van der Waals surface area contributed by atoms with E-state index in [4.69, 9.17) is 5.73 Å². The van der Waals surface area contributed by atoms with Crippen molar-refractivity contribution in [3.63, 3.8) is 0 Å². The number of pyridine rings is 2. The fourth-order valence-electron chi connectivity index (χ4n) is 3.27. The zero-order chi connectivity index (χ0) is 21.1. The number of benzene rings is 1. The smallest absolute Gasteiger partial charge is 0.271 e. The van der Waals surface area contributed by atoms with Gasteiger partial charge in [0, 0.05) is 36.4 Å². The van der Waals surface area contributed by atoms with Crippen molar-refractivity contribution in [1.82, 2.24) is 25.3 Å². The number of nitrogens with one attached hydrogen (secondary N) is 1. The number of nitrogens with zero attached hydrogens (tertiary/aromatic N) is 4. The van der Waals surface area contributed by atoms with Crippen LogP contribution in [-0.2, 0) is 13.0 Å². The Kier molecular flexibility index (Phi) is 5.34. The SMILES string of the molecule is Cc1cnc2ccc(Cc3cncc(C(=O)NCc4ccc(N)nc4C)n3)cc2c1. The number of nitrogen functional groups attached to an aromatic ring is 1. The van der Waals surface area contributed by atoms with Gasteiger partial charge in [-0.05, 0) is 54.8 Å². The van der Waals surface area contributed by atoms with Crippen molar-refractivity contribution in [2.75, 3.05) is 5.73 Å². The molecule has 7 nitrogen and oxygen atoms in total. The molecule has 4 aromatic rings. The van der Waals surface area contributed by atoms with Gasteiger partial charge in [0.15, 0.2) is 0 Å². The molecule has 0 aliphatic rings. The van der Waals surface area contributed by atoms with Crippen molar-refractivity contribution in [1.29, 1.82) is 0 Å². The fraction of sp³-hybridized carbons (Fsp3) is 0.174. The van der Waals surface area contributed by atoms with E-state index in [2.05, 4.69) is 37.4 Å². The monoisotopic (exact) mass is 398 g/mol. The Bertz CT molecular complexity index is 1240. The van der Waals surface area contributed by atoms with Crippen molar-refractivity contribution in [3.05, 3.63) is 88.8 Å². The first kappa shape index (κ1) is 19.4. The lowest BCUT2D eigenvalue weighted by molar-refractivity contribution is 0.0945. The lowest BCUT2D eigenvalue weighted by Gasteiger charge is -2.09. The molecule has 0 spiro atoms. The molecule has 3 heterocycles. The molecule has 0 saturated carbocycles. The zero-order valence-electron chi connectivity index (χ0n) is 16.9. The number of carbonyl (C=O) groups excluding carboxylic acids is 1. The van der Waals surface area contributed by atoms with Gasteiger partial charge in [-0.15, -0.1) is 0 Å². The third-order valence-corrected chi connectivity index (χ3v) is 4.84. The average Bonchev–Trinajstić information content (AvgIpc) is 2.73. The maximum absolute atomic E-state index is 12.5. The van der Waals surface area contributed by atoms with E-state index in [1.54, 1.807) is 12.3 Å². The first-order valence-electron chi connectivity index (χ1n) is 9.64. The second kappa shape index (κ2) is 8.24. The number of nitrogens with two attached hydrogens (primary N) is 1. The maximum Gasteiger partial charge on any atom is 0.271 e. The largest absolute Gasteiger partial charge is 0.384 e. The first-order chi connectivity index (χ1) is 14.5. The third kappa shape index (κ3) is 4.41. The molecule has 0 fully saturated rings. The van der Waals surface area contributed by atoms with Crippen molar-refractivity contribution in [2.45, 2.75) is 26.8 Å². The van der Waals surface area contributed by atoms with Crippen LogP contribution in [0.5, 0.6) is 0 Å². The minimum Gasteiger partial charge on any atom is -0.384 e. The number of aryl methyl sites for hydroxylation is 2. The molecule has 3 aromatic heterocycles. The minimum absolute atomic E-state index is 0.279. The Balaban J connectivity index is 1.47. The minimum atomic E-state index is -0.279. The van der Waals surface area contributed by atoms with Crippen LogP contribution in [0.25, 0.3) is 10.9 Å². The summed E-state index contributed by atoms with van der Waals surface area (Å²) in [6.45, 7) is 4.23. The molecule has 150 valence electrons. The Labute approximate surface area is 174 Å². The molecule has 4 rings (SSSR count). The molecule has 0 radical (unpaired) electrons. The number of aromatic nitrogens is 4. The van der Waals surface area contributed by atoms with Crippen LogP contribution in [0.2, 0.25) is 0 Å². The van der Waals surface area contributed by atoms with Crippen molar-refractivity contribution in [3.8, 4) is 0 Å². The van der Waals surface area contributed by atoms with Gasteiger partial charge in [-0.2, -0.15) is 0 Å². The van der Waals surface area contributed by atoms with Gasteiger partial charge in [-0.25, -0.2) is 9.97 Å².